The van der Waals surface area contributed by atoms with Crippen molar-refractivity contribution < 1.29 is 24.2 Å². The molecule has 2 aromatic carbocycles. The first-order chi connectivity index (χ1) is 13.5. The highest BCUT2D eigenvalue weighted by molar-refractivity contribution is 8.00. The van der Waals surface area contributed by atoms with Gasteiger partial charge in [0, 0.05) is 11.3 Å². The average Bonchev–Trinajstić information content (AvgIpc) is 2.71. The molecule has 2 N–H and O–H groups in total. The highest BCUT2D eigenvalue weighted by Gasteiger charge is 2.20. The Labute approximate surface area is 168 Å². The lowest BCUT2D eigenvalue weighted by Gasteiger charge is -2.16. The fraction of sp³-hybridized carbons (Fsp3) is 0.286. The summed E-state index contributed by atoms with van der Waals surface area (Å²) in [7, 11) is 1.54. The Bertz CT molecular complexity index is 809. The predicted octanol–water partition coefficient (Wildman–Crippen LogP) is 2.67. The standard InChI is InChI=1S/C21H23NO5S/c1-27-18-9-5-8-16(11-18)19(23)14-28-13-17(21(26)22-12-20(24)25)10-15-6-3-2-4-7-15/h2-9,11,17H,10,12-14H2,1H3,(H,22,26)(H,24,25)/t17-/m1/s1. The van der Waals surface area contributed by atoms with E-state index in [0.29, 0.717) is 23.5 Å². The number of nitrogens with one attached hydrogen (secondary N) is 1. The zero-order valence-corrected chi connectivity index (χ0v) is 16.4. The number of benzene rings is 2. The van der Waals surface area contributed by atoms with Crippen molar-refractivity contribution >= 4 is 29.4 Å². The van der Waals surface area contributed by atoms with Gasteiger partial charge in [-0.25, -0.2) is 0 Å². The molecule has 2 aromatic rings. The van der Waals surface area contributed by atoms with Crippen LogP contribution in [0.25, 0.3) is 0 Å². The van der Waals surface area contributed by atoms with Crippen molar-refractivity contribution in [2.24, 2.45) is 5.92 Å². The van der Waals surface area contributed by atoms with Crippen LogP contribution in [0.1, 0.15) is 15.9 Å². The van der Waals surface area contributed by atoms with Crippen LogP contribution in [0.5, 0.6) is 5.75 Å². The molecule has 0 radical (unpaired) electrons. The van der Waals surface area contributed by atoms with Crippen molar-refractivity contribution in [1.82, 2.24) is 5.32 Å². The van der Waals surface area contributed by atoms with Crippen LogP contribution in [0.4, 0.5) is 0 Å². The van der Waals surface area contributed by atoms with Gasteiger partial charge in [0.15, 0.2) is 5.78 Å². The number of carboxylic acids is 1. The first-order valence-corrected chi connectivity index (χ1v) is 9.93. The SMILES string of the molecule is COc1cccc(C(=O)CSC[C@@H](Cc2ccccc2)C(=O)NCC(=O)O)c1. The van der Waals surface area contributed by atoms with Crippen LogP contribution >= 0.6 is 11.8 Å². The third kappa shape index (κ3) is 7.08. The predicted molar refractivity (Wildman–Crippen MR) is 109 cm³/mol. The van der Waals surface area contributed by atoms with E-state index in [1.165, 1.54) is 11.8 Å². The third-order valence-electron chi connectivity index (χ3n) is 4.05. The number of hydrogen-bond donors (Lipinski definition) is 2. The Morgan fingerprint density at radius 2 is 1.86 bits per heavy atom. The lowest BCUT2D eigenvalue weighted by molar-refractivity contribution is -0.138. The summed E-state index contributed by atoms with van der Waals surface area (Å²) in [6, 6.07) is 16.5. The van der Waals surface area contributed by atoms with Crippen molar-refractivity contribution in [3.63, 3.8) is 0 Å². The first kappa shape index (κ1) is 21.5. The normalized spacial score (nSPS) is 11.5. The molecule has 0 aliphatic rings. The molecule has 0 heterocycles. The maximum Gasteiger partial charge on any atom is 0.322 e. The van der Waals surface area contributed by atoms with Crippen molar-refractivity contribution in [2.45, 2.75) is 6.42 Å². The summed E-state index contributed by atoms with van der Waals surface area (Å²) in [5, 5.41) is 11.2. The largest absolute Gasteiger partial charge is 0.497 e. The summed E-state index contributed by atoms with van der Waals surface area (Å²) in [6.45, 7) is -0.419. The van der Waals surface area contributed by atoms with Crippen molar-refractivity contribution in [2.75, 3.05) is 25.2 Å². The Kier molecular flexibility index (Phi) is 8.55. The molecule has 0 saturated carbocycles. The summed E-state index contributed by atoms with van der Waals surface area (Å²) in [5.41, 5.74) is 1.54. The van der Waals surface area contributed by atoms with E-state index in [9.17, 15) is 14.4 Å². The average molecular weight is 401 g/mol. The van der Waals surface area contributed by atoms with Crippen LogP contribution in [0.15, 0.2) is 54.6 Å². The van der Waals surface area contributed by atoms with Crippen molar-refractivity contribution in [3.8, 4) is 5.75 Å². The molecule has 0 saturated heterocycles. The van der Waals surface area contributed by atoms with E-state index in [2.05, 4.69) is 5.32 Å². The Hall–Kier alpha value is -2.80. The number of Topliss-reactive ketones (excluding diaryl/α,β-unsaturated/α-hetero) is 1. The summed E-state index contributed by atoms with van der Waals surface area (Å²) >= 11 is 1.36. The van der Waals surface area contributed by atoms with Gasteiger partial charge in [-0.2, -0.15) is 11.8 Å². The number of amides is 1. The number of aliphatic carboxylic acids is 1. The van der Waals surface area contributed by atoms with Crippen LogP contribution in [0.2, 0.25) is 0 Å². The van der Waals surface area contributed by atoms with E-state index >= 15 is 0 Å². The monoisotopic (exact) mass is 401 g/mol. The van der Waals surface area contributed by atoms with E-state index in [4.69, 9.17) is 9.84 Å². The quantitative estimate of drug-likeness (QED) is 0.563. The van der Waals surface area contributed by atoms with Gasteiger partial charge in [0.25, 0.3) is 0 Å². The van der Waals surface area contributed by atoms with Gasteiger partial charge in [0.1, 0.15) is 12.3 Å². The van der Waals surface area contributed by atoms with Crippen LogP contribution in [0, 0.1) is 5.92 Å². The number of carbonyl (C=O) groups excluding carboxylic acids is 2. The molecule has 0 spiro atoms. The molecular weight excluding hydrogens is 378 g/mol. The second-order valence-electron chi connectivity index (χ2n) is 6.17. The van der Waals surface area contributed by atoms with Gasteiger partial charge in [-0.05, 0) is 24.1 Å². The summed E-state index contributed by atoms with van der Waals surface area (Å²) < 4.78 is 5.13. The highest BCUT2D eigenvalue weighted by Crippen LogP contribution is 2.18. The van der Waals surface area contributed by atoms with E-state index in [1.54, 1.807) is 31.4 Å². The zero-order valence-electron chi connectivity index (χ0n) is 15.6. The molecule has 1 amide bonds. The molecule has 6 nitrogen and oxygen atoms in total. The maximum atomic E-state index is 12.4. The van der Waals surface area contributed by atoms with E-state index in [0.717, 1.165) is 5.56 Å². The maximum absolute atomic E-state index is 12.4. The molecule has 0 aliphatic carbocycles. The number of ether oxygens (including phenoxy) is 1. The number of hydrogen-bond acceptors (Lipinski definition) is 5. The molecule has 1 atom stereocenters. The van der Waals surface area contributed by atoms with Gasteiger partial charge in [0.05, 0.1) is 18.8 Å². The molecule has 7 heteroatoms. The fourth-order valence-corrected chi connectivity index (χ4v) is 3.63. The van der Waals surface area contributed by atoms with Crippen LogP contribution in [-0.4, -0.2) is 47.9 Å². The van der Waals surface area contributed by atoms with Crippen LogP contribution in [-0.2, 0) is 16.0 Å². The molecule has 0 fully saturated rings. The van der Waals surface area contributed by atoms with E-state index in [-0.39, 0.29) is 17.4 Å². The van der Waals surface area contributed by atoms with Crippen LogP contribution in [0.3, 0.4) is 0 Å². The number of thioether (sulfide) groups is 1. The summed E-state index contributed by atoms with van der Waals surface area (Å²) in [6.07, 6.45) is 0.479. The minimum absolute atomic E-state index is 0.0479. The smallest absolute Gasteiger partial charge is 0.322 e. The molecule has 0 aliphatic heterocycles. The molecular formula is C21H23NO5S. The number of carbonyl (C=O) groups is 3. The molecule has 2 rings (SSSR count). The van der Waals surface area contributed by atoms with Gasteiger partial charge in [0.2, 0.25) is 5.91 Å². The van der Waals surface area contributed by atoms with Crippen molar-refractivity contribution in [3.05, 3.63) is 65.7 Å². The van der Waals surface area contributed by atoms with E-state index < -0.39 is 18.4 Å². The summed E-state index contributed by atoms with van der Waals surface area (Å²) in [4.78, 5) is 35.5. The minimum atomic E-state index is -1.09. The number of methoxy groups -OCH3 is 1. The van der Waals surface area contributed by atoms with Gasteiger partial charge >= 0.3 is 5.97 Å². The fourth-order valence-electron chi connectivity index (χ4n) is 2.61. The van der Waals surface area contributed by atoms with Crippen molar-refractivity contribution in [1.29, 1.82) is 0 Å². The van der Waals surface area contributed by atoms with Gasteiger partial charge < -0.3 is 15.2 Å². The van der Waals surface area contributed by atoms with Crippen LogP contribution < -0.4 is 10.1 Å². The molecule has 0 bridgehead atoms. The van der Waals surface area contributed by atoms with E-state index in [1.807, 2.05) is 30.3 Å². The number of rotatable bonds is 11. The highest BCUT2D eigenvalue weighted by atomic mass is 32.2. The molecule has 0 unspecified atom stereocenters. The molecule has 148 valence electrons. The third-order valence-corrected chi connectivity index (χ3v) is 5.16. The Balaban J connectivity index is 1.95. The number of ketones is 1. The summed E-state index contributed by atoms with van der Waals surface area (Å²) in [5.74, 6) is -0.634. The Morgan fingerprint density at radius 3 is 2.54 bits per heavy atom. The molecule has 0 aromatic heterocycles. The Morgan fingerprint density at radius 1 is 1.11 bits per heavy atom. The second kappa shape index (κ2) is 11.1. The van der Waals surface area contributed by atoms with Gasteiger partial charge in [-0.1, -0.05) is 42.5 Å². The second-order valence-corrected chi connectivity index (χ2v) is 7.20. The van der Waals surface area contributed by atoms with Gasteiger partial charge in [-0.15, -0.1) is 0 Å². The minimum Gasteiger partial charge on any atom is -0.497 e. The lowest BCUT2D eigenvalue weighted by Crippen LogP contribution is -2.36. The topological polar surface area (TPSA) is 92.7 Å². The first-order valence-electron chi connectivity index (χ1n) is 8.78. The molecule has 28 heavy (non-hydrogen) atoms. The number of carboxylic acid groups (broad SMARTS) is 1. The zero-order chi connectivity index (χ0) is 20.4. The lowest BCUT2D eigenvalue weighted by atomic mass is 10.0. The van der Waals surface area contributed by atoms with Gasteiger partial charge in [-0.3, -0.25) is 14.4 Å².